The van der Waals surface area contributed by atoms with Crippen LogP contribution in [0.4, 0.5) is 4.39 Å². The van der Waals surface area contributed by atoms with Crippen LogP contribution in [0.5, 0.6) is 5.75 Å². The van der Waals surface area contributed by atoms with Gasteiger partial charge in [-0.1, -0.05) is 39.0 Å². The van der Waals surface area contributed by atoms with Crippen LogP contribution in [-0.4, -0.2) is 5.97 Å². The number of carbonyl (C=O) groups excluding carboxylic acids is 1. The molecule has 0 amide bonds. The van der Waals surface area contributed by atoms with E-state index >= 15 is 0 Å². The maximum Gasteiger partial charge on any atom is 0.313 e. The van der Waals surface area contributed by atoms with Crippen molar-refractivity contribution in [3.8, 4) is 5.75 Å². The van der Waals surface area contributed by atoms with Gasteiger partial charge in [0.25, 0.3) is 0 Å². The van der Waals surface area contributed by atoms with Crippen molar-refractivity contribution in [2.75, 3.05) is 0 Å². The molecule has 0 aliphatic carbocycles. The molecule has 0 saturated heterocycles. The van der Waals surface area contributed by atoms with E-state index in [1.165, 1.54) is 6.07 Å². The van der Waals surface area contributed by atoms with Crippen LogP contribution in [0.15, 0.2) is 30.8 Å². The molecule has 116 valence electrons. The van der Waals surface area contributed by atoms with Crippen LogP contribution in [0.2, 0.25) is 0 Å². The Morgan fingerprint density at radius 3 is 2.55 bits per heavy atom. The SMILES string of the molecule is C=C(C)c1cc(OC(=O)C(C)C)cc2ccc(F)c(CC)c12. The fraction of sp³-hybridized carbons (Fsp3) is 0.316. The zero-order chi connectivity index (χ0) is 16.4. The smallest absolute Gasteiger partial charge is 0.313 e. The number of ether oxygens (including phenoxy) is 1. The third-order valence-electron chi connectivity index (χ3n) is 3.64. The van der Waals surface area contributed by atoms with Crippen LogP contribution in [0, 0.1) is 11.7 Å². The van der Waals surface area contributed by atoms with Gasteiger partial charge in [-0.15, -0.1) is 0 Å². The highest BCUT2D eigenvalue weighted by atomic mass is 19.1. The summed E-state index contributed by atoms with van der Waals surface area (Å²) in [6.45, 7) is 11.3. The molecule has 2 nitrogen and oxygen atoms in total. The van der Waals surface area contributed by atoms with Crippen LogP contribution >= 0.6 is 0 Å². The molecule has 2 aromatic carbocycles. The van der Waals surface area contributed by atoms with Crippen molar-refractivity contribution in [2.45, 2.75) is 34.1 Å². The number of halogens is 1. The van der Waals surface area contributed by atoms with Crippen LogP contribution in [-0.2, 0) is 11.2 Å². The molecule has 0 bridgehead atoms. The molecule has 2 aromatic rings. The van der Waals surface area contributed by atoms with Gasteiger partial charge in [-0.05, 0) is 53.4 Å². The summed E-state index contributed by atoms with van der Waals surface area (Å²) in [5.74, 6) is -0.240. The summed E-state index contributed by atoms with van der Waals surface area (Å²) < 4.78 is 19.5. The van der Waals surface area contributed by atoms with Crippen molar-refractivity contribution in [1.82, 2.24) is 0 Å². The number of aryl methyl sites for hydroxylation is 1. The molecule has 0 radical (unpaired) electrons. The lowest BCUT2D eigenvalue weighted by atomic mass is 9.94. The van der Waals surface area contributed by atoms with Gasteiger partial charge in [0.2, 0.25) is 0 Å². The number of hydrogen-bond donors (Lipinski definition) is 0. The molecule has 3 heteroatoms. The van der Waals surface area contributed by atoms with E-state index in [0.717, 1.165) is 21.9 Å². The van der Waals surface area contributed by atoms with Crippen molar-refractivity contribution in [3.05, 3.63) is 47.8 Å². The Balaban J connectivity index is 2.68. The third kappa shape index (κ3) is 3.03. The number of esters is 1. The average molecular weight is 300 g/mol. The second-order valence-electron chi connectivity index (χ2n) is 5.80. The number of allylic oxidation sites excluding steroid dienone is 1. The average Bonchev–Trinajstić information content (AvgIpc) is 2.46. The Hall–Kier alpha value is -2.16. The highest BCUT2D eigenvalue weighted by molar-refractivity contribution is 5.97. The number of benzene rings is 2. The van der Waals surface area contributed by atoms with E-state index < -0.39 is 0 Å². The standard InChI is InChI=1S/C19H21FO2/c1-6-15-17(20)8-7-13-9-14(22-19(21)12(4)5)10-16(11(2)3)18(13)15/h7-10,12H,2,6H2,1,3-5H3. The lowest BCUT2D eigenvalue weighted by molar-refractivity contribution is -0.137. The Labute approximate surface area is 130 Å². The Morgan fingerprint density at radius 1 is 1.32 bits per heavy atom. The molecule has 0 spiro atoms. The molecule has 22 heavy (non-hydrogen) atoms. The fourth-order valence-corrected chi connectivity index (χ4v) is 2.46. The summed E-state index contributed by atoms with van der Waals surface area (Å²) >= 11 is 0. The lowest BCUT2D eigenvalue weighted by Gasteiger charge is -2.15. The zero-order valence-corrected chi connectivity index (χ0v) is 13.5. The third-order valence-corrected chi connectivity index (χ3v) is 3.64. The second-order valence-corrected chi connectivity index (χ2v) is 5.80. The first-order chi connectivity index (χ1) is 10.3. The van der Waals surface area contributed by atoms with E-state index in [-0.39, 0.29) is 17.7 Å². The van der Waals surface area contributed by atoms with Gasteiger partial charge < -0.3 is 4.74 Å². The number of fused-ring (bicyclic) bond motifs is 1. The minimum atomic E-state index is -0.287. The van der Waals surface area contributed by atoms with Crippen molar-refractivity contribution in [3.63, 3.8) is 0 Å². The fourth-order valence-electron chi connectivity index (χ4n) is 2.46. The predicted molar refractivity (Wildman–Crippen MR) is 88.5 cm³/mol. The molecular formula is C19H21FO2. The molecule has 0 aliphatic heterocycles. The minimum absolute atomic E-state index is 0.205. The van der Waals surface area contributed by atoms with Crippen molar-refractivity contribution < 1.29 is 13.9 Å². The van der Waals surface area contributed by atoms with Crippen molar-refractivity contribution >= 4 is 22.3 Å². The van der Waals surface area contributed by atoms with Gasteiger partial charge in [-0.3, -0.25) is 4.79 Å². The molecule has 0 unspecified atom stereocenters. The van der Waals surface area contributed by atoms with Gasteiger partial charge in [0.15, 0.2) is 0 Å². The van der Waals surface area contributed by atoms with Crippen LogP contribution < -0.4 is 4.74 Å². The molecule has 0 heterocycles. The van der Waals surface area contributed by atoms with Crippen LogP contribution in [0.25, 0.3) is 16.3 Å². The van der Waals surface area contributed by atoms with E-state index in [2.05, 4.69) is 6.58 Å². The molecule has 0 aliphatic rings. The maximum atomic E-state index is 14.1. The summed E-state index contributed by atoms with van der Waals surface area (Å²) in [4.78, 5) is 11.8. The van der Waals surface area contributed by atoms with Crippen LogP contribution in [0.3, 0.4) is 0 Å². The quantitative estimate of drug-likeness (QED) is 0.577. The number of carbonyl (C=O) groups is 1. The molecule has 2 rings (SSSR count). The first-order valence-corrected chi connectivity index (χ1v) is 7.47. The lowest BCUT2D eigenvalue weighted by Crippen LogP contribution is -2.14. The van der Waals surface area contributed by atoms with E-state index in [1.807, 2.05) is 13.8 Å². The second kappa shape index (κ2) is 6.30. The van der Waals surface area contributed by atoms with Gasteiger partial charge in [-0.25, -0.2) is 4.39 Å². The van der Waals surface area contributed by atoms with Gasteiger partial charge in [0, 0.05) is 0 Å². The van der Waals surface area contributed by atoms with E-state index in [0.29, 0.717) is 17.7 Å². The molecule has 0 fully saturated rings. The topological polar surface area (TPSA) is 26.3 Å². The van der Waals surface area contributed by atoms with Gasteiger partial charge in [0.1, 0.15) is 11.6 Å². The van der Waals surface area contributed by atoms with Gasteiger partial charge in [-0.2, -0.15) is 0 Å². The summed E-state index contributed by atoms with van der Waals surface area (Å²) in [7, 11) is 0. The van der Waals surface area contributed by atoms with Gasteiger partial charge in [0.05, 0.1) is 5.92 Å². The molecular weight excluding hydrogens is 279 g/mol. The van der Waals surface area contributed by atoms with Crippen molar-refractivity contribution in [2.24, 2.45) is 5.92 Å². The Kier molecular flexibility index (Phi) is 4.65. The highest BCUT2D eigenvalue weighted by Crippen LogP contribution is 2.33. The first kappa shape index (κ1) is 16.2. The summed E-state index contributed by atoms with van der Waals surface area (Å²) in [5.41, 5.74) is 2.30. The maximum absolute atomic E-state index is 14.1. The number of hydrogen-bond acceptors (Lipinski definition) is 2. The molecule has 0 aromatic heterocycles. The monoisotopic (exact) mass is 300 g/mol. The molecule has 0 atom stereocenters. The molecule has 0 saturated carbocycles. The summed E-state index contributed by atoms with van der Waals surface area (Å²) in [6, 6.07) is 6.71. The number of rotatable bonds is 4. The van der Waals surface area contributed by atoms with Crippen LogP contribution in [0.1, 0.15) is 38.8 Å². The summed E-state index contributed by atoms with van der Waals surface area (Å²) in [6.07, 6.45) is 0.592. The largest absolute Gasteiger partial charge is 0.426 e. The van der Waals surface area contributed by atoms with E-state index in [1.54, 1.807) is 32.0 Å². The minimum Gasteiger partial charge on any atom is -0.426 e. The normalized spacial score (nSPS) is 11.0. The Bertz CT molecular complexity index is 745. The summed E-state index contributed by atoms with van der Waals surface area (Å²) in [5, 5.41) is 1.70. The Morgan fingerprint density at radius 2 is 2.00 bits per heavy atom. The molecule has 0 N–H and O–H groups in total. The highest BCUT2D eigenvalue weighted by Gasteiger charge is 2.15. The van der Waals surface area contributed by atoms with Gasteiger partial charge >= 0.3 is 5.97 Å². The zero-order valence-electron chi connectivity index (χ0n) is 13.5. The van der Waals surface area contributed by atoms with E-state index in [9.17, 15) is 9.18 Å². The van der Waals surface area contributed by atoms with E-state index in [4.69, 9.17) is 4.74 Å². The van der Waals surface area contributed by atoms with Crippen molar-refractivity contribution in [1.29, 1.82) is 0 Å². The predicted octanol–water partition coefficient (Wildman–Crippen LogP) is 5.14. The first-order valence-electron chi connectivity index (χ1n) is 7.47.